The molecule has 2 aromatic heterocycles. The summed E-state index contributed by atoms with van der Waals surface area (Å²) < 4.78 is 26.4. The highest BCUT2D eigenvalue weighted by Gasteiger charge is 2.51. The number of aromatic nitrogens is 4. The number of rotatable bonds is 7. The molecule has 2 saturated heterocycles. The van der Waals surface area contributed by atoms with Gasteiger partial charge in [0.05, 0.1) is 24.8 Å². The van der Waals surface area contributed by atoms with Crippen molar-refractivity contribution in [3.63, 3.8) is 0 Å². The average Bonchev–Trinajstić information content (AvgIpc) is 3.27. The molecule has 4 atom stereocenters. The van der Waals surface area contributed by atoms with E-state index in [9.17, 15) is 9.90 Å². The van der Waals surface area contributed by atoms with Gasteiger partial charge < -0.3 is 19.5 Å². The Balaban J connectivity index is 1.32. The Bertz CT molecular complexity index is 1270. The van der Waals surface area contributed by atoms with Gasteiger partial charge in [-0.1, -0.05) is 12.1 Å². The second-order valence-corrected chi connectivity index (χ2v) is 9.46. The summed E-state index contributed by atoms with van der Waals surface area (Å²) in [6.07, 6.45) is 0.742. The molecule has 0 spiro atoms. The van der Waals surface area contributed by atoms with E-state index in [4.69, 9.17) is 21.1 Å². The Labute approximate surface area is 218 Å². The lowest BCUT2D eigenvalue weighted by Gasteiger charge is -2.43. The van der Waals surface area contributed by atoms with Crippen LogP contribution < -0.4 is 14.4 Å². The molecular weight excluding hydrogens is 503 g/mol. The normalized spacial score (nSPS) is 22.5. The molecule has 37 heavy (non-hydrogen) atoms. The van der Waals surface area contributed by atoms with E-state index in [1.54, 1.807) is 31.2 Å². The molecule has 4 heterocycles. The molecule has 3 aromatic rings. The summed E-state index contributed by atoms with van der Waals surface area (Å²) >= 11 is 6.01. The Morgan fingerprint density at radius 3 is 2.68 bits per heavy atom. The van der Waals surface area contributed by atoms with Gasteiger partial charge in [-0.05, 0) is 60.7 Å². The van der Waals surface area contributed by atoms with Gasteiger partial charge in [0.25, 0.3) is 0 Å². The van der Waals surface area contributed by atoms with Crippen molar-refractivity contribution in [1.29, 1.82) is 0 Å². The molecule has 0 saturated carbocycles. The van der Waals surface area contributed by atoms with Gasteiger partial charge in [0.1, 0.15) is 24.2 Å². The molecule has 0 radical (unpaired) electrons. The summed E-state index contributed by atoms with van der Waals surface area (Å²) in [6.45, 7) is 0.244. The Morgan fingerprint density at radius 2 is 2.00 bits per heavy atom. The van der Waals surface area contributed by atoms with Crippen LogP contribution in [0.25, 0.3) is 11.3 Å². The van der Waals surface area contributed by atoms with Crippen LogP contribution in [0.15, 0.2) is 42.6 Å². The lowest BCUT2D eigenvalue weighted by molar-refractivity contribution is 0.0490. The predicted octanol–water partition coefficient (Wildman–Crippen LogP) is 4.23. The molecule has 10 nitrogen and oxygen atoms in total. The van der Waals surface area contributed by atoms with Crippen molar-refractivity contribution >= 4 is 23.5 Å². The number of nitrogens with zero attached hydrogens (tertiary/aromatic N) is 6. The first-order chi connectivity index (χ1) is 17.9. The van der Waals surface area contributed by atoms with E-state index in [1.807, 2.05) is 24.3 Å². The van der Waals surface area contributed by atoms with Gasteiger partial charge in [0, 0.05) is 19.3 Å². The number of halogens is 2. The molecule has 12 heteroatoms. The zero-order valence-electron chi connectivity index (χ0n) is 20.3. The van der Waals surface area contributed by atoms with Gasteiger partial charge in [-0.2, -0.15) is 4.98 Å². The third kappa shape index (κ3) is 4.95. The molecule has 194 valence electrons. The highest BCUT2D eigenvalue weighted by atomic mass is 35.5. The summed E-state index contributed by atoms with van der Waals surface area (Å²) in [7, 11) is 3.36. The fraction of sp³-hybridized carbons (Fsp3) is 0.400. The molecule has 2 aliphatic rings. The summed E-state index contributed by atoms with van der Waals surface area (Å²) in [6, 6.07) is 9.61. The number of piperidine rings is 1. The van der Waals surface area contributed by atoms with Gasteiger partial charge in [0.15, 0.2) is 5.82 Å². The fourth-order valence-electron chi connectivity index (χ4n) is 5.12. The number of methoxy groups -OCH3 is 1. The van der Waals surface area contributed by atoms with Crippen LogP contribution in [0.5, 0.6) is 11.6 Å². The van der Waals surface area contributed by atoms with Gasteiger partial charge in [-0.15, -0.1) is 10.2 Å². The number of fused-ring (bicyclic) bond motifs is 2. The van der Waals surface area contributed by atoms with Crippen LogP contribution in [-0.2, 0) is 6.61 Å². The smallest absolute Gasteiger partial charge is 0.407 e. The molecule has 5 rings (SSSR count). The van der Waals surface area contributed by atoms with Gasteiger partial charge in [-0.3, -0.25) is 4.90 Å². The maximum absolute atomic E-state index is 15.3. The number of carbonyl (C=O) groups is 1. The second-order valence-electron chi connectivity index (χ2n) is 9.12. The van der Waals surface area contributed by atoms with E-state index in [-0.39, 0.29) is 23.8 Å². The van der Waals surface area contributed by atoms with Crippen LogP contribution in [0.3, 0.4) is 0 Å². The van der Waals surface area contributed by atoms with Gasteiger partial charge in [-0.25, -0.2) is 14.2 Å². The van der Waals surface area contributed by atoms with Crippen LogP contribution >= 0.6 is 11.6 Å². The minimum absolute atomic E-state index is 0.0362. The second kappa shape index (κ2) is 10.3. The maximum Gasteiger partial charge on any atom is 0.407 e. The van der Waals surface area contributed by atoms with E-state index in [0.717, 1.165) is 11.3 Å². The van der Waals surface area contributed by atoms with Crippen LogP contribution in [-0.4, -0.2) is 74.7 Å². The Hall–Kier alpha value is -3.73. The molecule has 1 aromatic carbocycles. The molecule has 1 N–H and O–H groups in total. The van der Waals surface area contributed by atoms with Gasteiger partial charge >= 0.3 is 6.09 Å². The Morgan fingerprint density at radius 1 is 1.22 bits per heavy atom. The van der Waals surface area contributed by atoms with Crippen molar-refractivity contribution in [3.05, 3.63) is 53.4 Å². The summed E-state index contributed by atoms with van der Waals surface area (Å²) in [4.78, 5) is 22.9. The maximum atomic E-state index is 15.3. The van der Waals surface area contributed by atoms with Gasteiger partial charge in [0.2, 0.25) is 11.2 Å². The molecule has 2 aliphatic heterocycles. The monoisotopic (exact) mass is 528 g/mol. The number of amides is 1. The number of hydrogen-bond donors (Lipinski definition) is 1. The van der Waals surface area contributed by atoms with Crippen LogP contribution in [0.4, 0.5) is 15.0 Å². The van der Waals surface area contributed by atoms with Crippen LogP contribution in [0.2, 0.25) is 5.28 Å². The molecule has 2 bridgehead atoms. The number of anilines is 1. The van der Waals surface area contributed by atoms with Crippen LogP contribution in [0, 0.1) is 0 Å². The zero-order chi connectivity index (χ0) is 26.1. The van der Waals surface area contributed by atoms with Crippen molar-refractivity contribution in [3.8, 4) is 22.9 Å². The molecule has 1 amide bonds. The zero-order valence-corrected chi connectivity index (χ0v) is 21.0. The fourth-order valence-corrected chi connectivity index (χ4v) is 5.25. The predicted molar refractivity (Wildman–Crippen MR) is 134 cm³/mol. The summed E-state index contributed by atoms with van der Waals surface area (Å²) in [5, 5.41) is 18.1. The van der Waals surface area contributed by atoms with E-state index in [2.05, 4.69) is 20.2 Å². The van der Waals surface area contributed by atoms with Crippen molar-refractivity contribution < 1.29 is 23.8 Å². The number of benzene rings is 1. The molecule has 0 aliphatic carbocycles. The minimum atomic E-state index is -1.32. The lowest BCUT2D eigenvalue weighted by Crippen LogP contribution is -2.58. The van der Waals surface area contributed by atoms with Crippen molar-refractivity contribution in [2.45, 2.75) is 50.2 Å². The van der Waals surface area contributed by atoms with Crippen molar-refractivity contribution in [1.82, 2.24) is 25.1 Å². The summed E-state index contributed by atoms with van der Waals surface area (Å²) in [5.74, 6) is 1.48. The summed E-state index contributed by atoms with van der Waals surface area (Å²) in [5.41, 5.74) is 1.89. The van der Waals surface area contributed by atoms with Crippen LogP contribution in [0.1, 0.15) is 24.8 Å². The largest absolute Gasteiger partial charge is 0.497 e. The quantitative estimate of drug-likeness (QED) is 0.450. The Kier molecular flexibility index (Phi) is 6.96. The van der Waals surface area contributed by atoms with E-state index in [1.165, 1.54) is 11.1 Å². The first-order valence-electron chi connectivity index (χ1n) is 11.9. The SMILES string of the molecule is COc1ccc(COc2nc(Cl)ncc2-c2ccc(N(C)[C@H]3C[C@@H]4CC[C@H]([C@H]3F)N4C(=O)O)nn2)cc1. The first kappa shape index (κ1) is 24.9. The topological polar surface area (TPSA) is 114 Å². The minimum Gasteiger partial charge on any atom is -0.497 e. The number of alkyl halides is 1. The van der Waals surface area contributed by atoms with Crippen molar-refractivity contribution in [2.75, 3.05) is 19.1 Å². The first-order valence-corrected chi connectivity index (χ1v) is 12.2. The highest BCUT2D eigenvalue weighted by molar-refractivity contribution is 6.28. The average molecular weight is 529 g/mol. The third-order valence-corrected chi connectivity index (χ3v) is 7.24. The highest BCUT2D eigenvalue weighted by Crippen LogP contribution is 2.40. The standard InChI is InChI=1S/C25H26ClFN6O4/c1-32(20-11-15-5-9-19(22(20)27)33(15)25(34)35)21-10-8-18(30-31-21)17-12-28-24(26)29-23(17)37-13-14-3-6-16(36-2)7-4-14/h3-4,6-8,10,12,15,19-20,22H,5,9,11,13H2,1-2H3,(H,34,35)/t15-,19+,20-,22+/m0/s1. The number of ether oxygens (including phenoxy) is 2. The molecule has 0 unspecified atom stereocenters. The molecule has 2 fully saturated rings. The molecular formula is C25H26ClFN6O4. The third-order valence-electron chi connectivity index (χ3n) is 7.06. The number of carboxylic acid groups (broad SMARTS) is 1. The number of hydrogen-bond acceptors (Lipinski definition) is 8. The van der Waals surface area contributed by atoms with E-state index in [0.29, 0.717) is 36.3 Å². The van der Waals surface area contributed by atoms with E-state index < -0.39 is 24.3 Å². The lowest BCUT2D eigenvalue weighted by atomic mass is 9.94. The van der Waals surface area contributed by atoms with E-state index >= 15 is 4.39 Å². The van der Waals surface area contributed by atoms with Crippen molar-refractivity contribution in [2.24, 2.45) is 0 Å².